The van der Waals surface area contributed by atoms with E-state index in [4.69, 9.17) is 0 Å². The van der Waals surface area contributed by atoms with Crippen LogP contribution >= 0.6 is 0 Å². The highest BCUT2D eigenvalue weighted by molar-refractivity contribution is 5.98. The molecule has 0 aliphatic carbocycles. The molecule has 0 saturated carbocycles. The third-order valence-electron chi connectivity index (χ3n) is 3.70. The molecule has 142 valence electrons. The monoisotopic (exact) mass is 369 g/mol. The summed E-state index contributed by atoms with van der Waals surface area (Å²) < 4.78 is 4.64. The van der Waals surface area contributed by atoms with E-state index in [9.17, 15) is 14.4 Å². The van der Waals surface area contributed by atoms with Gasteiger partial charge in [0, 0.05) is 23.5 Å². The number of anilines is 2. The van der Waals surface area contributed by atoms with Gasteiger partial charge < -0.3 is 20.7 Å². The highest BCUT2D eigenvalue weighted by Gasteiger charge is 2.08. The predicted molar refractivity (Wildman–Crippen MR) is 104 cm³/mol. The second kappa shape index (κ2) is 9.96. The van der Waals surface area contributed by atoms with Gasteiger partial charge in [-0.05, 0) is 48.9 Å². The van der Waals surface area contributed by atoms with Gasteiger partial charge in [-0.25, -0.2) is 4.79 Å². The van der Waals surface area contributed by atoms with E-state index in [0.29, 0.717) is 29.0 Å². The molecule has 0 unspecified atom stereocenters. The summed E-state index contributed by atoms with van der Waals surface area (Å²) in [5.41, 5.74) is 2.18. The number of amides is 2. The van der Waals surface area contributed by atoms with E-state index < -0.39 is 5.97 Å². The summed E-state index contributed by atoms with van der Waals surface area (Å²) in [7, 11) is 1.32. The number of esters is 1. The standard InChI is InChI=1S/C20H23N3O4/c1-3-11-21-19(25)15-5-4-6-17(12-15)23-18(24)13-22-16-9-7-14(8-10-16)20(26)27-2/h4-10,12,22H,3,11,13H2,1-2H3,(H,21,25)(H,23,24). The summed E-state index contributed by atoms with van der Waals surface area (Å²) in [4.78, 5) is 35.5. The van der Waals surface area contributed by atoms with Crippen LogP contribution in [0.1, 0.15) is 34.1 Å². The Hall–Kier alpha value is -3.35. The van der Waals surface area contributed by atoms with E-state index in [2.05, 4.69) is 20.7 Å². The van der Waals surface area contributed by atoms with E-state index in [-0.39, 0.29) is 18.4 Å². The van der Waals surface area contributed by atoms with E-state index in [0.717, 1.165) is 6.42 Å². The average molecular weight is 369 g/mol. The van der Waals surface area contributed by atoms with Crippen LogP contribution in [-0.2, 0) is 9.53 Å². The fourth-order valence-corrected chi connectivity index (χ4v) is 2.31. The molecule has 0 spiro atoms. The fourth-order valence-electron chi connectivity index (χ4n) is 2.31. The summed E-state index contributed by atoms with van der Waals surface area (Å²) in [5.74, 6) is -0.836. The van der Waals surface area contributed by atoms with Crippen molar-refractivity contribution in [2.24, 2.45) is 0 Å². The van der Waals surface area contributed by atoms with Gasteiger partial charge in [0.2, 0.25) is 5.91 Å². The van der Waals surface area contributed by atoms with E-state index in [1.807, 2.05) is 6.92 Å². The van der Waals surface area contributed by atoms with E-state index in [1.165, 1.54) is 7.11 Å². The normalized spacial score (nSPS) is 10.0. The maximum Gasteiger partial charge on any atom is 0.337 e. The average Bonchev–Trinajstić information content (AvgIpc) is 2.70. The Kier molecular flexibility index (Phi) is 7.37. The van der Waals surface area contributed by atoms with Crippen molar-refractivity contribution in [3.63, 3.8) is 0 Å². The largest absolute Gasteiger partial charge is 0.465 e. The maximum atomic E-state index is 12.1. The number of methoxy groups -OCH3 is 1. The van der Waals surface area contributed by atoms with E-state index >= 15 is 0 Å². The number of nitrogens with one attached hydrogen (secondary N) is 3. The molecule has 2 rings (SSSR count). The Morgan fingerprint density at radius 3 is 2.37 bits per heavy atom. The summed E-state index contributed by atoms with van der Waals surface area (Å²) >= 11 is 0. The van der Waals surface area contributed by atoms with Crippen molar-refractivity contribution >= 4 is 29.2 Å². The zero-order valence-electron chi connectivity index (χ0n) is 15.4. The fraction of sp³-hybridized carbons (Fsp3) is 0.250. The van der Waals surface area contributed by atoms with Crippen LogP contribution in [0.2, 0.25) is 0 Å². The number of hydrogen-bond acceptors (Lipinski definition) is 5. The quantitative estimate of drug-likeness (QED) is 0.622. The number of benzene rings is 2. The SMILES string of the molecule is CCCNC(=O)c1cccc(NC(=O)CNc2ccc(C(=O)OC)cc2)c1. The van der Waals surface area contributed by atoms with E-state index in [1.54, 1.807) is 48.5 Å². The van der Waals surface area contributed by atoms with Crippen LogP contribution in [0.15, 0.2) is 48.5 Å². The Balaban J connectivity index is 1.88. The van der Waals surface area contributed by atoms with Crippen molar-refractivity contribution in [3.05, 3.63) is 59.7 Å². The lowest BCUT2D eigenvalue weighted by Crippen LogP contribution is -2.24. The van der Waals surface area contributed by atoms with Crippen LogP contribution in [0.25, 0.3) is 0 Å². The minimum Gasteiger partial charge on any atom is -0.465 e. The molecule has 0 aliphatic rings. The van der Waals surface area contributed by atoms with Crippen LogP contribution in [0.3, 0.4) is 0 Å². The van der Waals surface area contributed by atoms with Gasteiger partial charge in [-0.15, -0.1) is 0 Å². The maximum absolute atomic E-state index is 12.1. The number of ether oxygens (including phenoxy) is 1. The molecule has 0 aromatic heterocycles. The number of hydrogen-bond donors (Lipinski definition) is 3. The van der Waals surface area contributed by atoms with Crippen molar-refractivity contribution in [1.29, 1.82) is 0 Å². The number of rotatable bonds is 8. The molecular weight excluding hydrogens is 346 g/mol. The smallest absolute Gasteiger partial charge is 0.337 e. The lowest BCUT2D eigenvalue weighted by Gasteiger charge is -2.10. The summed E-state index contributed by atoms with van der Waals surface area (Å²) in [5, 5.41) is 8.51. The third-order valence-corrected chi connectivity index (χ3v) is 3.70. The van der Waals surface area contributed by atoms with Gasteiger partial charge in [0.1, 0.15) is 0 Å². The van der Waals surface area contributed by atoms with Crippen LogP contribution in [0, 0.1) is 0 Å². The first-order valence-electron chi connectivity index (χ1n) is 8.64. The molecule has 0 atom stereocenters. The molecule has 3 N–H and O–H groups in total. The molecule has 2 aromatic carbocycles. The van der Waals surface area contributed by atoms with Gasteiger partial charge in [-0.1, -0.05) is 13.0 Å². The summed E-state index contributed by atoms with van der Waals surface area (Å²) in [6.45, 7) is 2.63. The van der Waals surface area contributed by atoms with Crippen molar-refractivity contribution < 1.29 is 19.1 Å². The first-order valence-corrected chi connectivity index (χ1v) is 8.64. The molecule has 0 bridgehead atoms. The Bertz CT molecular complexity index is 803. The molecule has 2 amide bonds. The molecule has 27 heavy (non-hydrogen) atoms. The topological polar surface area (TPSA) is 96.5 Å². The van der Waals surface area contributed by atoms with Crippen LogP contribution in [0.5, 0.6) is 0 Å². The minimum absolute atomic E-state index is 0.0455. The first-order chi connectivity index (χ1) is 13.0. The Labute approximate surface area is 158 Å². The van der Waals surface area contributed by atoms with Crippen molar-refractivity contribution in [3.8, 4) is 0 Å². The predicted octanol–water partition coefficient (Wildman–Crippen LogP) is 2.66. The van der Waals surface area contributed by atoms with Gasteiger partial charge in [-0.2, -0.15) is 0 Å². The molecular formula is C20H23N3O4. The molecule has 0 aliphatic heterocycles. The third kappa shape index (κ3) is 6.14. The van der Waals surface area contributed by atoms with Crippen molar-refractivity contribution in [2.75, 3.05) is 30.8 Å². The second-order valence-corrected chi connectivity index (χ2v) is 5.81. The highest BCUT2D eigenvalue weighted by atomic mass is 16.5. The van der Waals surface area contributed by atoms with Crippen molar-refractivity contribution in [1.82, 2.24) is 5.32 Å². The lowest BCUT2D eigenvalue weighted by molar-refractivity contribution is -0.114. The van der Waals surface area contributed by atoms with Gasteiger partial charge in [0.15, 0.2) is 0 Å². The Morgan fingerprint density at radius 1 is 0.963 bits per heavy atom. The summed E-state index contributed by atoms with van der Waals surface area (Å²) in [6, 6.07) is 13.4. The number of carbonyl (C=O) groups excluding carboxylic acids is 3. The molecule has 0 heterocycles. The molecule has 0 radical (unpaired) electrons. The highest BCUT2D eigenvalue weighted by Crippen LogP contribution is 2.12. The second-order valence-electron chi connectivity index (χ2n) is 5.81. The molecule has 0 fully saturated rings. The van der Waals surface area contributed by atoms with Gasteiger partial charge >= 0.3 is 5.97 Å². The minimum atomic E-state index is -0.415. The van der Waals surface area contributed by atoms with Gasteiger partial charge in [0.25, 0.3) is 5.91 Å². The van der Waals surface area contributed by atoms with Gasteiger partial charge in [0.05, 0.1) is 19.2 Å². The first kappa shape index (κ1) is 20.0. The van der Waals surface area contributed by atoms with Crippen LogP contribution in [-0.4, -0.2) is 38.0 Å². The molecule has 7 heteroatoms. The van der Waals surface area contributed by atoms with Crippen molar-refractivity contribution in [2.45, 2.75) is 13.3 Å². The molecule has 0 saturated heterocycles. The van der Waals surface area contributed by atoms with Crippen LogP contribution in [0.4, 0.5) is 11.4 Å². The zero-order valence-corrected chi connectivity index (χ0v) is 15.4. The number of carbonyl (C=O) groups is 3. The molecule has 7 nitrogen and oxygen atoms in total. The lowest BCUT2D eigenvalue weighted by atomic mass is 10.2. The molecule has 2 aromatic rings. The Morgan fingerprint density at radius 2 is 1.70 bits per heavy atom. The zero-order chi connectivity index (χ0) is 19.6. The van der Waals surface area contributed by atoms with Crippen LogP contribution < -0.4 is 16.0 Å². The summed E-state index contributed by atoms with van der Waals surface area (Å²) in [6.07, 6.45) is 0.856. The van der Waals surface area contributed by atoms with Gasteiger partial charge in [-0.3, -0.25) is 9.59 Å².